The molecule has 6 rings (SSSR count). The number of carbonyl (C=O) groups is 2. The van der Waals surface area contributed by atoms with E-state index in [1.54, 1.807) is 0 Å². The van der Waals surface area contributed by atoms with E-state index in [0.29, 0.717) is 30.4 Å². The van der Waals surface area contributed by atoms with Crippen molar-refractivity contribution in [3.05, 3.63) is 58.1 Å². The van der Waals surface area contributed by atoms with Crippen molar-refractivity contribution in [3.8, 4) is 0 Å². The first-order chi connectivity index (χ1) is 15.5. The number of anilines is 2. The first kappa shape index (κ1) is 19.5. The number of aliphatic imine (C=N–C) groups is 1. The van der Waals surface area contributed by atoms with E-state index in [4.69, 9.17) is 4.74 Å². The average molecular weight is 431 g/mol. The molecule has 0 radical (unpaired) electrons. The maximum Gasteiger partial charge on any atom is 0.291 e. The fourth-order valence-corrected chi connectivity index (χ4v) is 5.38. The summed E-state index contributed by atoms with van der Waals surface area (Å²) in [4.78, 5) is 34.7. The van der Waals surface area contributed by atoms with Crippen LogP contribution >= 0.6 is 0 Å². The van der Waals surface area contributed by atoms with Crippen molar-refractivity contribution in [1.82, 2.24) is 4.90 Å². The Morgan fingerprint density at radius 1 is 1.12 bits per heavy atom. The predicted molar refractivity (Wildman–Crippen MR) is 122 cm³/mol. The Balaban J connectivity index is 1.33. The summed E-state index contributed by atoms with van der Waals surface area (Å²) in [6.07, 6.45) is 1.79. The monoisotopic (exact) mass is 430 g/mol. The van der Waals surface area contributed by atoms with Gasteiger partial charge in [0.1, 0.15) is 6.17 Å². The van der Waals surface area contributed by atoms with E-state index in [9.17, 15) is 9.59 Å². The number of hydrogen-bond donors (Lipinski definition) is 1. The van der Waals surface area contributed by atoms with Crippen LogP contribution in [0.5, 0.6) is 0 Å². The van der Waals surface area contributed by atoms with Crippen LogP contribution in [0.1, 0.15) is 45.5 Å². The highest BCUT2D eigenvalue weighted by atomic mass is 16.5. The van der Waals surface area contributed by atoms with Crippen LogP contribution in [0.15, 0.2) is 35.3 Å². The zero-order chi connectivity index (χ0) is 22.0. The number of ether oxygens (including phenoxy) is 1. The third-order valence-corrected chi connectivity index (χ3v) is 7.22. The lowest BCUT2D eigenvalue weighted by Gasteiger charge is -2.47. The first-order valence-corrected chi connectivity index (χ1v) is 11.3. The molecule has 4 heterocycles. The number of aryl methyl sites for hydroxylation is 2. The first-order valence-electron chi connectivity index (χ1n) is 11.3. The van der Waals surface area contributed by atoms with Gasteiger partial charge in [-0.1, -0.05) is 18.2 Å². The van der Waals surface area contributed by atoms with Crippen molar-refractivity contribution in [2.45, 2.75) is 45.9 Å². The second-order valence-corrected chi connectivity index (χ2v) is 9.20. The van der Waals surface area contributed by atoms with Gasteiger partial charge in [-0.25, -0.2) is 4.99 Å². The van der Waals surface area contributed by atoms with E-state index in [0.717, 1.165) is 43.0 Å². The molecule has 1 atom stereocenters. The Bertz CT molecular complexity index is 1180. The Hall–Kier alpha value is -3.19. The highest BCUT2D eigenvalue weighted by Crippen LogP contribution is 2.42. The number of hydrogen-bond acceptors (Lipinski definition) is 5. The topological polar surface area (TPSA) is 74.2 Å². The van der Waals surface area contributed by atoms with Crippen molar-refractivity contribution < 1.29 is 14.3 Å². The molecule has 1 fully saturated rings. The molecule has 0 aromatic heterocycles. The van der Waals surface area contributed by atoms with Gasteiger partial charge in [0.25, 0.3) is 11.8 Å². The molecule has 0 saturated carbocycles. The van der Waals surface area contributed by atoms with Crippen LogP contribution in [0.25, 0.3) is 0 Å². The van der Waals surface area contributed by atoms with Gasteiger partial charge >= 0.3 is 0 Å². The molecule has 1 saturated heterocycles. The normalized spacial score (nSPS) is 21.9. The molecule has 2 aromatic carbocycles. The van der Waals surface area contributed by atoms with Gasteiger partial charge in [0.2, 0.25) is 0 Å². The predicted octanol–water partition coefficient (Wildman–Crippen LogP) is 3.38. The summed E-state index contributed by atoms with van der Waals surface area (Å²) in [5.74, 6) is 0.646. The molecule has 1 unspecified atom stereocenters. The fraction of sp³-hybridized carbons (Fsp3) is 0.400. The lowest BCUT2D eigenvalue weighted by molar-refractivity contribution is -0.110. The number of fused-ring (bicyclic) bond motifs is 4. The minimum absolute atomic E-state index is 0.0272. The van der Waals surface area contributed by atoms with Gasteiger partial charge in [0.15, 0.2) is 5.84 Å². The summed E-state index contributed by atoms with van der Waals surface area (Å²) in [5.41, 5.74) is 6.86. The number of carbonyl (C=O) groups excluding carboxylic acids is 2. The van der Waals surface area contributed by atoms with E-state index in [1.807, 2.05) is 28.9 Å². The molecule has 32 heavy (non-hydrogen) atoms. The highest BCUT2D eigenvalue weighted by Gasteiger charge is 2.45. The number of amidine groups is 1. The number of nitrogens with one attached hydrogen (secondary N) is 1. The quantitative estimate of drug-likeness (QED) is 0.793. The van der Waals surface area contributed by atoms with E-state index < -0.39 is 0 Å². The molecule has 164 valence electrons. The summed E-state index contributed by atoms with van der Waals surface area (Å²) < 4.78 is 5.51. The third-order valence-electron chi connectivity index (χ3n) is 7.22. The highest BCUT2D eigenvalue weighted by molar-refractivity contribution is 6.51. The summed E-state index contributed by atoms with van der Waals surface area (Å²) in [6.45, 7) is 6.75. The third kappa shape index (κ3) is 2.88. The van der Waals surface area contributed by atoms with Crippen molar-refractivity contribution in [2.24, 2.45) is 10.9 Å². The van der Waals surface area contributed by atoms with Crippen LogP contribution < -0.4 is 10.2 Å². The molecule has 7 heteroatoms. The lowest BCUT2D eigenvalue weighted by Crippen LogP contribution is -2.60. The Kier molecular flexibility index (Phi) is 4.37. The molecule has 0 aliphatic carbocycles. The maximum atomic E-state index is 13.6. The molecule has 2 aromatic rings. The second kappa shape index (κ2) is 7.17. The minimum atomic E-state index is -0.176. The van der Waals surface area contributed by atoms with Gasteiger partial charge in [0.05, 0.1) is 11.4 Å². The summed E-state index contributed by atoms with van der Waals surface area (Å²) in [5, 5.41) is 2.95. The van der Waals surface area contributed by atoms with Crippen LogP contribution in [0.4, 0.5) is 11.4 Å². The van der Waals surface area contributed by atoms with Crippen molar-refractivity contribution in [3.63, 3.8) is 0 Å². The van der Waals surface area contributed by atoms with Crippen LogP contribution in [0.3, 0.4) is 0 Å². The van der Waals surface area contributed by atoms with Crippen LogP contribution in [0.2, 0.25) is 0 Å². The molecule has 0 spiro atoms. The van der Waals surface area contributed by atoms with Gasteiger partial charge in [-0.15, -0.1) is 0 Å². The van der Waals surface area contributed by atoms with Crippen LogP contribution in [-0.4, -0.2) is 41.9 Å². The molecule has 1 N–H and O–H groups in total. The summed E-state index contributed by atoms with van der Waals surface area (Å²) >= 11 is 0. The summed E-state index contributed by atoms with van der Waals surface area (Å²) in [7, 11) is 0. The molecule has 4 aliphatic heterocycles. The lowest BCUT2D eigenvalue weighted by atomic mass is 9.91. The Morgan fingerprint density at radius 2 is 1.94 bits per heavy atom. The van der Waals surface area contributed by atoms with Gasteiger partial charge in [-0.2, -0.15) is 0 Å². The number of nitrogens with zero attached hydrogens (tertiary/aromatic N) is 3. The summed E-state index contributed by atoms with van der Waals surface area (Å²) in [6, 6.07) is 10.1. The zero-order valence-electron chi connectivity index (χ0n) is 18.4. The SMILES string of the molecule is Cc1cc2c(cc1C(=O)N1Cc3cccc(C)c3C1)N1C(=NC1C1CCOCC1)C(=O)N2. The zero-order valence-corrected chi connectivity index (χ0v) is 18.4. The van der Waals surface area contributed by atoms with Gasteiger partial charge < -0.3 is 15.0 Å². The van der Waals surface area contributed by atoms with E-state index in [2.05, 4.69) is 35.4 Å². The van der Waals surface area contributed by atoms with E-state index in [1.165, 1.54) is 16.7 Å². The van der Waals surface area contributed by atoms with Crippen LogP contribution in [-0.2, 0) is 22.6 Å². The fourth-order valence-electron chi connectivity index (χ4n) is 5.38. The molecular formula is C25H26N4O3. The number of benzene rings is 2. The molecule has 2 amide bonds. The van der Waals surface area contributed by atoms with Crippen molar-refractivity contribution in [1.29, 1.82) is 0 Å². The molecule has 7 nitrogen and oxygen atoms in total. The largest absolute Gasteiger partial charge is 0.381 e. The smallest absolute Gasteiger partial charge is 0.291 e. The van der Waals surface area contributed by atoms with Gasteiger partial charge in [0, 0.05) is 37.8 Å². The molecule has 4 aliphatic rings. The Morgan fingerprint density at radius 3 is 2.72 bits per heavy atom. The molecular weight excluding hydrogens is 404 g/mol. The standard InChI is InChI=1S/C25H26N4O3/c1-14-4-3-5-17-12-28(13-19(14)17)25(31)18-11-21-20(10-15(18)2)26-24(30)23-27-22(29(21)23)16-6-8-32-9-7-16/h3-5,10-11,16,22H,6-9,12-13H2,1-2H3,(H,26,30). The average Bonchev–Trinajstić information content (AvgIpc) is 3.20. The van der Waals surface area contributed by atoms with Gasteiger partial charge in [-0.05, 0) is 61.1 Å². The van der Waals surface area contributed by atoms with Crippen LogP contribution in [0, 0.1) is 19.8 Å². The number of amides is 2. The minimum Gasteiger partial charge on any atom is -0.381 e. The van der Waals surface area contributed by atoms with Crippen molar-refractivity contribution in [2.75, 3.05) is 23.4 Å². The van der Waals surface area contributed by atoms with E-state index in [-0.39, 0.29) is 18.0 Å². The second-order valence-electron chi connectivity index (χ2n) is 9.20. The molecule has 0 bridgehead atoms. The maximum absolute atomic E-state index is 13.6. The number of rotatable bonds is 2. The van der Waals surface area contributed by atoms with Crippen molar-refractivity contribution >= 4 is 29.0 Å². The Labute approximate surface area is 187 Å². The van der Waals surface area contributed by atoms with Gasteiger partial charge in [-0.3, -0.25) is 14.5 Å². The van der Waals surface area contributed by atoms with E-state index >= 15 is 0 Å².